The standard InChI is InChI=1S/C25H28N10/c1-3-35-22-12-18(5-6-21(22)31-32-35)19-15-27-24-20(19)16-29-25(30-24)28-14-17-4-7-23(26-13-17)34-10-8-33(2)9-11-34/h4-7,12-13,15-16H,3,8-11,14H2,1-2H3,(H2,27,28,29,30). The van der Waals surface area contributed by atoms with Crippen LogP contribution in [0.3, 0.4) is 0 Å². The molecule has 4 aromatic heterocycles. The molecule has 0 radical (unpaired) electrons. The van der Waals surface area contributed by atoms with Crippen molar-refractivity contribution in [2.75, 3.05) is 43.4 Å². The molecule has 0 saturated carbocycles. The third-order valence-electron chi connectivity index (χ3n) is 6.64. The van der Waals surface area contributed by atoms with Crippen LogP contribution < -0.4 is 10.2 Å². The zero-order chi connectivity index (χ0) is 23.8. The molecule has 1 saturated heterocycles. The molecule has 178 valence electrons. The van der Waals surface area contributed by atoms with Crippen LogP contribution in [0.15, 0.2) is 48.9 Å². The van der Waals surface area contributed by atoms with Gasteiger partial charge in [-0.3, -0.25) is 0 Å². The first-order valence-corrected chi connectivity index (χ1v) is 12.0. The monoisotopic (exact) mass is 468 g/mol. The fourth-order valence-corrected chi connectivity index (χ4v) is 4.52. The molecular weight excluding hydrogens is 440 g/mol. The van der Waals surface area contributed by atoms with Crippen LogP contribution in [0.25, 0.3) is 33.2 Å². The van der Waals surface area contributed by atoms with Crippen molar-refractivity contribution in [1.29, 1.82) is 0 Å². The molecule has 5 aromatic rings. The van der Waals surface area contributed by atoms with E-state index in [-0.39, 0.29) is 0 Å². The highest BCUT2D eigenvalue weighted by Gasteiger charge is 2.15. The number of nitrogens with zero attached hydrogens (tertiary/aromatic N) is 8. The topological polar surface area (TPSA) is 104 Å². The molecular formula is C25H28N10. The zero-order valence-electron chi connectivity index (χ0n) is 19.9. The summed E-state index contributed by atoms with van der Waals surface area (Å²) in [4.78, 5) is 21.9. The second kappa shape index (κ2) is 8.95. The molecule has 1 aromatic carbocycles. The lowest BCUT2D eigenvalue weighted by atomic mass is 10.1. The van der Waals surface area contributed by atoms with Crippen LogP contribution >= 0.6 is 0 Å². The summed E-state index contributed by atoms with van der Waals surface area (Å²) in [5.74, 6) is 1.62. The quantitative estimate of drug-likeness (QED) is 0.392. The highest BCUT2D eigenvalue weighted by Crippen LogP contribution is 2.30. The summed E-state index contributed by atoms with van der Waals surface area (Å²) in [5, 5.41) is 12.7. The van der Waals surface area contributed by atoms with Gasteiger partial charge in [-0.15, -0.1) is 5.10 Å². The lowest BCUT2D eigenvalue weighted by Gasteiger charge is -2.33. The Hall–Kier alpha value is -4.05. The number of anilines is 2. The van der Waals surface area contributed by atoms with E-state index in [1.54, 1.807) is 0 Å². The Kier molecular flexibility index (Phi) is 5.49. The number of likely N-dealkylation sites (N-methyl/N-ethyl adjacent to an activating group) is 1. The molecule has 10 nitrogen and oxygen atoms in total. The van der Waals surface area contributed by atoms with E-state index in [1.165, 1.54) is 0 Å². The van der Waals surface area contributed by atoms with Crippen molar-refractivity contribution in [3.05, 3.63) is 54.5 Å². The van der Waals surface area contributed by atoms with Gasteiger partial charge in [-0.25, -0.2) is 14.6 Å². The highest BCUT2D eigenvalue weighted by atomic mass is 15.4. The van der Waals surface area contributed by atoms with Crippen molar-refractivity contribution in [3.8, 4) is 11.1 Å². The van der Waals surface area contributed by atoms with Crippen LogP contribution in [0.4, 0.5) is 11.8 Å². The van der Waals surface area contributed by atoms with Gasteiger partial charge in [0.25, 0.3) is 0 Å². The Morgan fingerprint density at radius 3 is 2.71 bits per heavy atom. The minimum Gasteiger partial charge on any atom is -0.354 e. The number of hydrogen-bond acceptors (Lipinski definition) is 8. The lowest BCUT2D eigenvalue weighted by molar-refractivity contribution is 0.312. The van der Waals surface area contributed by atoms with Crippen LogP contribution in [0.2, 0.25) is 0 Å². The highest BCUT2D eigenvalue weighted by molar-refractivity contribution is 5.95. The largest absolute Gasteiger partial charge is 0.354 e. The van der Waals surface area contributed by atoms with E-state index in [0.717, 1.165) is 77.3 Å². The fraction of sp³-hybridized carbons (Fsp3) is 0.320. The molecule has 2 N–H and O–H groups in total. The summed E-state index contributed by atoms with van der Waals surface area (Å²) < 4.78 is 1.90. The van der Waals surface area contributed by atoms with Crippen LogP contribution in [-0.2, 0) is 13.1 Å². The molecule has 35 heavy (non-hydrogen) atoms. The maximum Gasteiger partial charge on any atom is 0.224 e. The van der Waals surface area contributed by atoms with Crippen LogP contribution in [0.1, 0.15) is 12.5 Å². The second-order valence-electron chi connectivity index (χ2n) is 8.94. The number of fused-ring (bicyclic) bond motifs is 2. The molecule has 1 fully saturated rings. The summed E-state index contributed by atoms with van der Waals surface area (Å²) in [6, 6.07) is 10.4. The van der Waals surface area contributed by atoms with Crippen LogP contribution in [-0.4, -0.2) is 73.1 Å². The van der Waals surface area contributed by atoms with Gasteiger partial charge in [0.15, 0.2) is 0 Å². The SMILES string of the molecule is CCn1nnc2ccc(-c3c[nH]c4nc(NCc5ccc(N6CCN(C)CC6)nc5)ncc34)cc21. The van der Waals surface area contributed by atoms with Gasteiger partial charge in [0.2, 0.25) is 5.95 Å². The number of aryl methyl sites for hydroxylation is 1. The number of rotatable bonds is 6. The second-order valence-corrected chi connectivity index (χ2v) is 8.94. The molecule has 6 rings (SSSR count). The number of nitrogens with one attached hydrogen (secondary N) is 2. The van der Waals surface area contributed by atoms with E-state index < -0.39 is 0 Å². The maximum atomic E-state index is 4.68. The van der Waals surface area contributed by atoms with E-state index in [4.69, 9.17) is 0 Å². The van der Waals surface area contributed by atoms with Crippen molar-refractivity contribution in [1.82, 2.24) is 39.8 Å². The summed E-state index contributed by atoms with van der Waals surface area (Å²) in [7, 11) is 2.16. The normalized spacial score (nSPS) is 14.7. The number of hydrogen-bond donors (Lipinski definition) is 2. The van der Waals surface area contributed by atoms with Gasteiger partial charge in [-0.1, -0.05) is 17.3 Å². The van der Waals surface area contributed by atoms with Gasteiger partial charge in [-0.05, 0) is 43.3 Å². The van der Waals surface area contributed by atoms with Crippen LogP contribution in [0, 0.1) is 0 Å². The smallest absolute Gasteiger partial charge is 0.224 e. The molecule has 1 aliphatic heterocycles. The minimum atomic E-state index is 0.581. The average Bonchev–Trinajstić information content (AvgIpc) is 3.51. The maximum absolute atomic E-state index is 4.68. The van der Waals surface area contributed by atoms with Crippen LogP contribution in [0.5, 0.6) is 0 Å². The first-order valence-electron chi connectivity index (χ1n) is 12.0. The number of piperazine rings is 1. The predicted molar refractivity (Wildman–Crippen MR) is 137 cm³/mol. The molecule has 10 heteroatoms. The third-order valence-corrected chi connectivity index (χ3v) is 6.64. The fourth-order valence-electron chi connectivity index (χ4n) is 4.52. The summed E-state index contributed by atoms with van der Waals surface area (Å²) in [5.41, 5.74) is 5.93. The van der Waals surface area contributed by atoms with Crippen molar-refractivity contribution >= 4 is 33.8 Å². The Morgan fingerprint density at radius 1 is 1.03 bits per heavy atom. The number of H-pyrrole nitrogens is 1. The lowest BCUT2D eigenvalue weighted by Crippen LogP contribution is -2.44. The molecule has 5 heterocycles. The third kappa shape index (κ3) is 4.17. The Bertz CT molecular complexity index is 1460. The summed E-state index contributed by atoms with van der Waals surface area (Å²) in [6.07, 6.45) is 5.77. The van der Waals surface area contributed by atoms with Gasteiger partial charge in [-0.2, -0.15) is 4.98 Å². The molecule has 1 aliphatic rings. The van der Waals surface area contributed by atoms with Crippen molar-refractivity contribution in [2.45, 2.75) is 20.0 Å². The van der Waals surface area contributed by atoms with E-state index in [2.05, 4.69) is 83.6 Å². The van der Waals surface area contributed by atoms with Crippen molar-refractivity contribution in [2.24, 2.45) is 0 Å². The number of aromatic amines is 1. The van der Waals surface area contributed by atoms with E-state index in [1.807, 2.05) is 29.3 Å². The van der Waals surface area contributed by atoms with E-state index in [9.17, 15) is 0 Å². The van der Waals surface area contributed by atoms with Gasteiger partial charge in [0.1, 0.15) is 17.0 Å². The summed E-state index contributed by atoms with van der Waals surface area (Å²) in [6.45, 7) is 7.62. The first-order chi connectivity index (χ1) is 17.2. The van der Waals surface area contributed by atoms with Gasteiger partial charge in [0.05, 0.1) is 5.52 Å². The Morgan fingerprint density at radius 2 is 1.91 bits per heavy atom. The Balaban J connectivity index is 1.16. The molecule has 0 unspecified atom stereocenters. The van der Waals surface area contributed by atoms with Gasteiger partial charge >= 0.3 is 0 Å². The Labute approximate surface area is 203 Å². The average molecular weight is 469 g/mol. The minimum absolute atomic E-state index is 0.581. The van der Waals surface area contributed by atoms with Crippen molar-refractivity contribution in [3.63, 3.8) is 0 Å². The molecule has 0 bridgehead atoms. The number of pyridine rings is 1. The van der Waals surface area contributed by atoms with E-state index >= 15 is 0 Å². The molecule has 0 aliphatic carbocycles. The molecule has 0 atom stereocenters. The molecule has 0 amide bonds. The number of benzene rings is 1. The first kappa shape index (κ1) is 21.5. The van der Waals surface area contributed by atoms with Gasteiger partial charge < -0.3 is 20.1 Å². The zero-order valence-corrected chi connectivity index (χ0v) is 19.9. The number of aromatic nitrogens is 7. The van der Waals surface area contributed by atoms with Gasteiger partial charge in [0, 0.05) is 68.8 Å². The predicted octanol–water partition coefficient (Wildman–Crippen LogP) is 3.15. The van der Waals surface area contributed by atoms with E-state index in [0.29, 0.717) is 12.5 Å². The summed E-state index contributed by atoms with van der Waals surface area (Å²) >= 11 is 0. The molecule has 0 spiro atoms. The van der Waals surface area contributed by atoms with Crippen molar-refractivity contribution < 1.29 is 0 Å².